The molecule has 1 aromatic heterocycles. The van der Waals surface area contributed by atoms with Crippen LogP contribution in [0.3, 0.4) is 0 Å². The van der Waals surface area contributed by atoms with Gasteiger partial charge in [0.2, 0.25) is 0 Å². The Morgan fingerprint density at radius 2 is 1.69 bits per heavy atom. The van der Waals surface area contributed by atoms with Gasteiger partial charge in [0.1, 0.15) is 11.6 Å². The summed E-state index contributed by atoms with van der Waals surface area (Å²) in [4.78, 5) is 22.6. The standard InChI is InChI=1S/C27H30ClN5O2/c1-17-15-32(16-18(2)30-17)25-14-20(9-10-29-25)22-6-4-5-21(26(22)34)19-7-8-24(23(28)13-19)33-12-11-31(3)27(33)35/h4-10,13-14,17-18,30,34H,11-12,15-16H2,1-3H3. The number of pyridine rings is 1. The monoisotopic (exact) mass is 491 g/mol. The van der Waals surface area contributed by atoms with E-state index in [4.69, 9.17) is 11.6 Å². The Labute approximate surface area is 210 Å². The number of halogens is 1. The lowest BCUT2D eigenvalue weighted by Crippen LogP contribution is -2.54. The lowest BCUT2D eigenvalue weighted by atomic mass is 9.97. The number of piperazine rings is 1. The number of phenolic OH excluding ortho intramolecular Hbond substituents is 1. The van der Waals surface area contributed by atoms with Crippen molar-refractivity contribution in [2.75, 3.05) is 43.0 Å². The van der Waals surface area contributed by atoms with E-state index in [0.717, 1.165) is 35.6 Å². The highest BCUT2D eigenvalue weighted by molar-refractivity contribution is 6.34. The number of hydrogen-bond donors (Lipinski definition) is 2. The second-order valence-corrected chi connectivity index (χ2v) is 9.91. The lowest BCUT2D eigenvalue weighted by molar-refractivity contribution is 0.229. The third kappa shape index (κ3) is 4.54. The number of aromatic nitrogens is 1. The van der Waals surface area contributed by atoms with Crippen molar-refractivity contribution in [1.29, 1.82) is 0 Å². The lowest BCUT2D eigenvalue weighted by Gasteiger charge is -2.37. The molecule has 0 radical (unpaired) electrons. The van der Waals surface area contributed by atoms with Crippen LogP contribution < -0.4 is 15.1 Å². The quantitative estimate of drug-likeness (QED) is 0.546. The van der Waals surface area contributed by atoms with Crippen LogP contribution in [-0.2, 0) is 0 Å². The number of phenols is 1. The number of carbonyl (C=O) groups is 1. The Bertz CT molecular complexity index is 1260. The molecule has 2 aromatic carbocycles. The Balaban J connectivity index is 1.46. The number of benzene rings is 2. The number of para-hydroxylation sites is 1. The zero-order valence-corrected chi connectivity index (χ0v) is 21.0. The maximum atomic E-state index is 12.4. The van der Waals surface area contributed by atoms with Gasteiger partial charge in [-0.15, -0.1) is 0 Å². The van der Waals surface area contributed by atoms with E-state index in [1.807, 2.05) is 48.5 Å². The fourth-order valence-electron chi connectivity index (χ4n) is 5.05. The van der Waals surface area contributed by atoms with Crippen molar-refractivity contribution in [2.45, 2.75) is 25.9 Å². The molecule has 2 N–H and O–H groups in total. The van der Waals surface area contributed by atoms with Crippen molar-refractivity contribution in [3.63, 3.8) is 0 Å². The van der Waals surface area contributed by atoms with Crippen LogP contribution in [0.25, 0.3) is 22.3 Å². The van der Waals surface area contributed by atoms with Crippen molar-refractivity contribution in [2.24, 2.45) is 0 Å². The number of urea groups is 1. The predicted octanol–water partition coefficient (Wildman–Crippen LogP) is 4.83. The molecule has 0 bridgehead atoms. The predicted molar refractivity (Wildman–Crippen MR) is 141 cm³/mol. The fraction of sp³-hybridized carbons (Fsp3) is 0.333. The minimum absolute atomic E-state index is 0.0636. The molecule has 3 aromatic rings. The number of rotatable bonds is 4. The normalized spacial score (nSPS) is 20.6. The van der Waals surface area contributed by atoms with E-state index in [1.165, 1.54) is 0 Å². The number of likely N-dealkylation sites (N-methyl/N-ethyl adjacent to an activating group) is 1. The molecule has 2 saturated heterocycles. The highest BCUT2D eigenvalue weighted by atomic mass is 35.5. The Kier molecular flexibility index (Phi) is 6.30. The molecule has 2 aliphatic rings. The first kappa shape index (κ1) is 23.5. The van der Waals surface area contributed by atoms with Gasteiger partial charge >= 0.3 is 6.03 Å². The summed E-state index contributed by atoms with van der Waals surface area (Å²) in [6.45, 7) is 7.38. The van der Waals surface area contributed by atoms with Crippen LogP contribution in [0.5, 0.6) is 5.75 Å². The number of carbonyl (C=O) groups excluding carboxylic acids is 1. The number of anilines is 2. The van der Waals surface area contributed by atoms with Gasteiger partial charge in [0.15, 0.2) is 0 Å². The van der Waals surface area contributed by atoms with Gasteiger partial charge in [-0.05, 0) is 49.2 Å². The van der Waals surface area contributed by atoms with Crippen LogP contribution in [0, 0.1) is 0 Å². The molecule has 182 valence electrons. The first-order chi connectivity index (χ1) is 16.8. The molecule has 3 heterocycles. The van der Waals surface area contributed by atoms with E-state index in [2.05, 4.69) is 29.0 Å². The van der Waals surface area contributed by atoms with Crippen LogP contribution in [0.4, 0.5) is 16.3 Å². The Hall–Kier alpha value is -3.29. The van der Waals surface area contributed by atoms with Gasteiger partial charge in [-0.3, -0.25) is 4.90 Å². The van der Waals surface area contributed by atoms with Gasteiger partial charge in [0.05, 0.1) is 10.7 Å². The highest BCUT2D eigenvalue weighted by Gasteiger charge is 2.28. The molecule has 0 aliphatic carbocycles. The number of aromatic hydroxyl groups is 1. The molecule has 0 saturated carbocycles. The van der Waals surface area contributed by atoms with Gasteiger partial charge < -0.3 is 20.2 Å². The molecule has 0 spiro atoms. The van der Waals surface area contributed by atoms with E-state index in [1.54, 1.807) is 23.0 Å². The van der Waals surface area contributed by atoms with Crippen molar-refractivity contribution in [3.8, 4) is 28.0 Å². The second kappa shape index (κ2) is 9.40. The molecule has 2 atom stereocenters. The van der Waals surface area contributed by atoms with Crippen molar-refractivity contribution < 1.29 is 9.90 Å². The first-order valence-electron chi connectivity index (χ1n) is 11.9. The van der Waals surface area contributed by atoms with E-state index < -0.39 is 0 Å². The number of nitrogens with zero attached hydrogens (tertiary/aromatic N) is 4. The van der Waals surface area contributed by atoms with Gasteiger partial charge in [-0.2, -0.15) is 0 Å². The molecule has 7 nitrogen and oxygen atoms in total. The van der Waals surface area contributed by atoms with Crippen LogP contribution in [-0.4, -0.2) is 66.3 Å². The van der Waals surface area contributed by atoms with E-state index in [0.29, 0.717) is 41.4 Å². The summed E-state index contributed by atoms with van der Waals surface area (Å²) in [7, 11) is 1.78. The van der Waals surface area contributed by atoms with Crippen LogP contribution >= 0.6 is 11.6 Å². The van der Waals surface area contributed by atoms with Gasteiger partial charge in [0, 0.05) is 62.6 Å². The van der Waals surface area contributed by atoms with Crippen molar-refractivity contribution >= 4 is 29.1 Å². The molecule has 2 fully saturated rings. The zero-order valence-electron chi connectivity index (χ0n) is 20.2. The van der Waals surface area contributed by atoms with E-state index >= 15 is 0 Å². The Morgan fingerprint density at radius 1 is 1.00 bits per heavy atom. The molecule has 2 aliphatic heterocycles. The maximum absolute atomic E-state index is 12.4. The minimum Gasteiger partial charge on any atom is -0.507 e. The van der Waals surface area contributed by atoms with Crippen LogP contribution in [0.15, 0.2) is 54.7 Å². The van der Waals surface area contributed by atoms with Gasteiger partial charge in [-0.1, -0.05) is 35.9 Å². The third-order valence-corrected chi connectivity index (χ3v) is 7.04. The highest BCUT2D eigenvalue weighted by Crippen LogP contribution is 2.41. The largest absolute Gasteiger partial charge is 0.507 e. The van der Waals surface area contributed by atoms with Crippen LogP contribution in [0.2, 0.25) is 5.02 Å². The molecule has 5 rings (SSSR count). The summed E-state index contributed by atoms with van der Waals surface area (Å²) < 4.78 is 0. The van der Waals surface area contributed by atoms with Crippen molar-refractivity contribution in [3.05, 3.63) is 59.8 Å². The van der Waals surface area contributed by atoms with E-state index in [-0.39, 0.29) is 11.8 Å². The summed E-state index contributed by atoms with van der Waals surface area (Å²) in [5.41, 5.74) is 3.79. The van der Waals surface area contributed by atoms with Gasteiger partial charge in [0.25, 0.3) is 0 Å². The second-order valence-electron chi connectivity index (χ2n) is 9.50. The van der Waals surface area contributed by atoms with E-state index in [9.17, 15) is 9.90 Å². The topological polar surface area (TPSA) is 71.9 Å². The molecular formula is C27H30ClN5O2. The fourth-order valence-corrected chi connectivity index (χ4v) is 5.33. The van der Waals surface area contributed by atoms with Gasteiger partial charge in [-0.25, -0.2) is 9.78 Å². The molecular weight excluding hydrogens is 462 g/mol. The first-order valence-corrected chi connectivity index (χ1v) is 12.3. The summed E-state index contributed by atoms with van der Waals surface area (Å²) in [6.07, 6.45) is 1.80. The maximum Gasteiger partial charge on any atom is 0.324 e. The third-order valence-electron chi connectivity index (χ3n) is 6.74. The SMILES string of the molecule is CC1CN(c2cc(-c3cccc(-c4ccc(N5CCN(C)C5=O)c(Cl)c4)c3O)ccn2)CC(C)N1. The van der Waals surface area contributed by atoms with Crippen molar-refractivity contribution in [1.82, 2.24) is 15.2 Å². The number of nitrogens with one attached hydrogen (secondary N) is 1. The molecule has 35 heavy (non-hydrogen) atoms. The minimum atomic E-state index is -0.0636. The zero-order chi connectivity index (χ0) is 24.7. The average Bonchev–Trinajstić information content (AvgIpc) is 3.16. The summed E-state index contributed by atoms with van der Waals surface area (Å²) in [5.74, 6) is 1.09. The summed E-state index contributed by atoms with van der Waals surface area (Å²) >= 11 is 6.60. The Morgan fingerprint density at radius 3 is 2.31 bits per heavy atom. The molecule has 8 heteroatoms. The summed E-state index contributed by atoms with van der Waals surface area (Å²) in [5, 5.41) is 15.3. The van der Waals surface area contributed by atoms with Crippen LogP contribution in [0.1, 0.15) is 13.8 Å². The molecule has 2 amide bonds. The number of amides is 2. The average molecular weight is 492 g/mol. The smallest absolute Gasteiger partial charge is 0.324 e. The summed E-state index contributed by atoms with van der Waals surface area (Å²) in [6, 6.07) is 15.9. The molecule has 2 unspecified atom stereocenters. The number of hydrogen-bond acceptors (Lipinski definition) is 5.